The Morgan fingerprint density at radius 2 is 1.92 bits per heavy atom. The Morgan fingerprint density at radius 1 is 1.15 bits per heavy atom. The number of carbonyl (C=O) groups is 2. The molecule has 1 N–H and O–H groups in total. The molecule has 0 radical (unpaired) electrons. The average molecular weight is 352 g/mol. The Hall–Kier alpha value is -2.82. The molecule has 2 aromatic carbocycles. The Morgan fingerprint density at radius 3 is 2.62 bits per heavy atom. The number of carbonyl (C=O) groups excluding carboxylic acids is 2. The lowest BCUT2D eigenvalue weighted by atomic mass is 10.1. The van der Waals surface area contributed by atoms with Crippen LogP contribution in [0.3, 0.4) is 0 Å². The number of nitrogens with one attached hydrogen (secondary N) is 1. The Bertz CT molecular complexity index is 799. The van der Waals surface area contributed by atoms with Crippen molar-refractivity contribution in [3.63, 3.8) is 0 Å². The van der Waals surface area contributed by atoms with E-state index in [9.17, 15) is 9.59 Å². The van der Waals surface area contributed by atoms with Gasteiger partial charge in [-0.2, -0.15) is 0 Å². The maximum absolute atomic E-state index is 12.8. The van der Waals surface area contributed by atoms with E-state index >= 15 is 0 Å². The fourth-order valence-corrected chi connectivity index (χ4v) is 3.27. The minimum absolute atomic E-state index is 0.187. The summed E-state index contributed by atoms with van der Waals surface area (Å²) in [5.41, 5.74) is 3.75. The van der Waals surface area contributed by atoms with E-state index in [1.165, 1.54) is 11.8 Å². The van der Waals surface area contributed by atoms with Gasteiger partial charge in [-0.05, 0) is 49.1 Å². The summed E-state index contributed by atoms with van der Waals surface area (Å²) in [5.74, 6) is 0.371. The number of hydrogen-bond acceptors (Lipinski definition) is 4. The van der Waals surface area contributed by atoms with Crippen LogP contribution in [0.2, 0.25) is 0 Å². The molecule has 26 heavy (non-hydrogen) atoms. The first-order valence-corrected chi connectivity index (χ1v) is 9.01. The van der Waals surface area contributed by atoms with E-state index < -0.39 is 0 Å². The fourth-order valence-electron chi connectivity index (χ4n) is 3.27. The molecule has 136 valence electrons. The topological polar surface area (TPSA) is 58.6 Å². The standard InChI is InChI=1S/C21H24N2O3/c1-3-26-18-10-7-16(8-11-18)9-12-20(25)23(15(2)24)19-6-4-5-17-13-14-22-21(17)19/h4-8,10-11,22H,3,9,12-14H2,1-2H3. The maximum atomic E-state index is 12.8. The maximum Gasteiger partial charge on any atom is 0.234 e. The van der Waals surface area contributed by atoms with E-state index in [1.807, 2.05) is 49.4 Å². The molecule has 0 bridgehead atoms. The summed E-state index contributed by atoms with van der Waals surface area (Å²) in [6.07, 6.45) is 1.77. The lowest BCUT2D eigenvalue weighted by Gasteiger charge is -2.22. The molecule has 3 rings (SSSR count). The summed E-state index contributed by atoms with van der Waals surface area (Å²) in [6, 6.07) is 13.5. The van der Waals surface area contributed by atoms with Crippen LogP contribution in [0.4, 0.5) is 11.4 Å². The number of rotatable bonds is 6. The monoisotopic (exact) mass is 352 g/mol. The van der Waals surface area contributed by atoms with Gasteiger partial charge in [0.05, 0.1) is 18.0 Å². The summed E-state index contributed by atoms with van der Waals surface area (Å²) in [4.78, 5) is 26.3. The van der Waals surface area contributed by atoms with Crippen molar-refractivity contribution in [1.82, 2.24) is 0 Å². The normalized spacial score (nSPS) is 12.2. The Labute approximate surface area is 154 Å². The number of amides is 2. The van der Waals surface area contributed by atoms with E-state index in [1.54, 1.807) is 0 Å². The number of nitrogens with zero attached hydrogens (tertiary/aromatic N) is 1. The van der Waals surface area contributed by atoms with Gasteiger partial charge >= 0.3 is 0 Å². The van der Waals surface area contributed by atoms with E-state index in [4.69, 9.17) is 4.74 Å². The van der Waals surface area contributed by atoms with Gasteiger partial charge in [0.2, 0.25) is 11.8 Å². The number of anilines is 2. The van der Waals surface area contributed by atoms with Gasteiger partial charge in [0, 0.05) is 19.9 Å². The summed E-state index contributed by atoms with van der Waals surface area (Å²) in [7, 11) is 0. The summed E-state index contributed by atoms with van der Waals surface area (Å²) in [6.45, 7) is 4.83. The van der Waals surface area contributed by atoms with Crippen molar-refractivity contribution in [2.24, 2.45) is 0 Å². The molecule has 1 heterocycles. The molecule has 5 heteroatoms. The number of aryl methyl sites for hydroxylation is 1. The lowest BCUT2D eigenvalue weighted by molar-refractivity contribution is -0.125. The molecule has 1 aliphatic heterocycles. The number of benzene rings is 2. The molecular formula is C21H24N2O3. The van der Waals surface area contributed by atoms with Crippen LogP contribution < -0.4 is 15.0 Å². The van der Waals surface area contributed by atoms with Gasteiger partial charge in [0.1, 0.15) is 5.75 Å². The number of ether oxygens (including phenoxy) is 1. The molecule has 0 aromatic heterocycles. The van der Waals surface area contributed by atoms with Gasteiger partial charge < -0.3 is 10.1 Å². The third-order valence-corrected chi connectivity index (χ3v) is 4.49. The van der Waals surface area contributed by atoms with Crippen molar-refractivity contribution in [1.29, 1.82) is 0 Å². The van der Waals surface area contributed by atoms with Crippen LogP contribution in [0.1, 0.15) is 31.4 Å². The second-order valence-electron chi connectivity index (χ2n) is 6.31. The smallest absolute Gasteiger partial charge is 0.234 e. The molecule has 0 unspecified atom stereocenters. The number of hydrogen-bond donors (Lipinski definition) is 1. The first-order chi connectivity index (χ1) is 12.6. The molecule has 0 atom stereocenters. The van der Waals surface area contributed by atoms with E-state index in [0.29, 0.717) is 18.7 Å². The Balaban J connectivity index is 1.72. The van der Waals surface area contributed by atoms with Gasteiger partial charge in [-0.3, -0.25) is 9.59 Å². The zero-order valence-electron chi connectivity index (χ0n) is 15.2. The van der Waals surface area contributed by atoms with E-state index in [2.05, 4.69) is 5.32 Å². The SMILES string of the molecule is CCOc1ccc(CCC(=O)N(C(C)=O)c2cccc3c2NCC3)cc1. The van der Waals surface area contributed by atoms with E-state index in [-0.39, 0.29) is 18.2 Å². The van der Waals surface area contributed by atoms with E-state index in [0.717, 1.165) is 35.5 Å². The third-order valence-electron chi connectivity index (χ3n) is 4.49. The van der Waals surface area contributed by atoms with Crippen LogP contribution in [0.5, 0.6) is 5.75 Å². The molecule has 0 spiro atoms. The zero-order chi connectivity index (χ0) is 18.5. The number of fused-ring (bicyclic) bond motifs is 1. The van der Waals surface area contributed by atoms with Gasteiger partial charge in [0.15, 0.2) is 0 Å². The zero-order valence-corrected chi connectivity index (χ0v) is 15.2. The molecule has 2 aromatic rings. The van der Waals surface area contributed by atoms with Crippen LogP contribution in [0.25, 0.3) is 0 Å². The highest BCUT2D eigenvalue weighted by Crippen LogP contribution is 2.34. The predicted molar refractivity (Wildman–Crippen MR) is 103 cm³/mol. The molecule has 2 amide bonds. The van der Waals surface area contributed by atoms with Crippen LogP contribution in [-0.4, -0.2) is 25.0 Å². The molecule has 1 aliphatic rings. The van der Waals surface area contributed by atoms with Crippen molar-refractivity contribution >= 4 is 23.2 Å². The first-order valence-electron chi connectivity index (χ1n) is 9.01. The van der Waals surface area contributed by atoms with Crippen LogP contribution in [0, 0.1) is 0 Å². The molecule has 0 saturated heterocycles. The van der Waals surface area contributed by atoms with Crippen molar-refractivity contribution in [2.75, 3.05) is 23.4 Å². The first kappa shape index (κ1) is 18.0. The third kappa shape index (κ3) is 3.87. The summed E-state index contributed by atoms with van der Waals surface area (Å²) in [5, 5.41) is 3.29. The van der Waals surface area contributed by atoms with Crippen LogP contribution in [-0.2, 0) is 22.4 Å². The predicted octanol–water partition coefficient (Wildman–Crippen LogP) is 3.57. The Kier molecular flexibility index (Phi) is 5.56. The number of imide groups is 1. The lowest BCUT2D eigenvalue weighted by Crippen LogP contribution is -2.35. The minimum Gasteiger partial charge on any atom is -0.494 e. The van der Waals surface area contributed by atoms with Crippen LogP contribution >= 0.6 is 0 Å². The quantitative estimate of drug-likeness (QED) is 0.863. The van der Waals surface area contributed by atoms with Crippen molar-refractivity contribution in [2.45, 2.75) is 33.1 Å². The second kappa shape index (κ2) is 8.04. The van der Waals surface area contributed by atoms with Gasteiger partial charge in [-0.1, -0.05) is 24.3 Å². The van der Waals surface area contributed by atoms with Gasteiger partial charge in [0.25, 0.3) is 0 Å². The molecule has 0 fully saturated rings. The van der Waals surface area contributed by atoms with Gasteiger partial charge in [-0.25, -0.2) is 4.90 Å². The largest absolute Gasteiger partial charge is 0.494 e. The number of para-hydroxylation sites is 1. The highest BCUT2D eigenvalue weighted by molar-refractivity contribution is 6.16. The van der Waals surface area contributed by atoms with Gasteiger partial charge in [-0.15, -0.1) is 0 Å². The minimum atomic E-state index is -0.260. The molecule has 0 aliphatic carbocycles. The fraction of sp³-hybridized carbons (Fsp3) is 0.333. The van der Waals surface area contributed by atoms with Crippen molar-refractivity contribution in [3.05, 3.63) is 53.6 Å². The van der Waals surface area contributed by atoms with Crippen molar-refractivity contribution in [3.8, 4) is 5.75 Å². The second-order valence-corrected chi connectivity index (χ2v) is 6.31. The molecule has 5 nitrogen and oxygen atoms in total. The highest BCUT2D eigenvalue weighted by atomic mass is 16.5. The molecular weight excluding hydrogens is 328 g/mol. The highest BCUT2D eigenvalue weighted by Gasteiger charge is 2.25. The van der Waals surface area contributed by atoms with Crippen molar-refractivity contribution < 1.29 is 14.3 Å². The van der Waals surface area contributed by atoms with Crippen LogP contribution in [0.15, 0.2) is 42.5 Å². The summed E-state index contributed by atoms with van der Waals surface area (Å²) < 4.78 is 5.43. The average Bonchev–Trinajstić information content (AvgIpc) is 3.11. The summed E-state index contributed by atoms with van der Waals surface area (Å²) >= 11 is 0. The molecule has 0 saturated carbocycles.